The number of amides is 1. The van der Waals surface area contributed by atoms with Gasteiger partial charge >= 0.3 is 0 Å². The average Bonchev–Trinajstić information content (AvgIpc) is 2.79. The van der Waals surface area contributed by atoms with Gasteiger partial charge in [-0.05, 0) is 25.0 Å². The molecule has 35 heavy (non-hydrogen) atoms. The first-order valence-electron chi connectivity index (χ1n) is 11.5. The minimum absolute atomic E-state index is 0.106. The Labute approximate surface area is 202 Å². The first-order chi connectivity index (χ1) is 16.7. The van der Waals surface area contributed by atoms with E-state index in [1.165, 1.54) is 12.1 Å². The van der Waals surface area contributed by atoms with Crippen LogP contribution in [0.2, 0.25) is 0 Å². The summed E-state index contributed by atoms with van der Waals surface area (Å²) in [6, 6.07) is 4.12. The third-order valence-corrected chi connectivity index (χ3v) is 5.88. The lowest BCUT2D eigenvalue weighted by atomic mass is 10.0. The van der Waals surface area contributed by atoms with E-state index in [1.54, 1.807) is 6.07 Å². The second-order valence-corrected chi connectivity index (χ2v) is 9.14. The van der Waals surface area contributed by atoms with E-state index in [0.29, 0.717) is 56.6 Å². The monoisotopic (exact) mass is 487 g/mol. The summed E-state index contributed by atoms with van der Waals surface area (Å²) in [4.78, 5) is 29.1. The molecule has 190 valence electrons. The van der Waals surface area contributed by atoms with Gasteiger partial charge in [0.15, 0.2) is 0 Å². The fraction of sp³-hybridized carbons (Fsp3) is 0.524. The Balaban J connectivity index is 1.64. The Morgan fingerprint density at radius 3 is 1.89 bits per heavy atom. The molecule has 2 saturated heterocycles. The van der Waals surface area contributed by atoms with Crippen molar-refractivity contribution in [1.29, 1.82) is 0 Å². The van der Waals surface area contributed by atoms with Crippen molar-refractivity contribution >= 4 is 35.1 Å². The maximum Gasteiger partial charge on any atom is 0.250 e. The summed E-state index contributed by atoms with van der Waals surface area (Å²) in [7, 11) is 0. The molecule has 0 spiro atoms. The number of hydrogen-bond acceptors (Lipinski definition) is 13. The average molecular weight is 488 g/mol. The van der Waals surface area contributed by atoms with Gasteiger partial charge in [0.2, 0.25) is 23.8 Å². The number of carbonyl (C=O) groups excluding carboxylic acids is 1. The van der Waals surface area contributed by atoms with E-state index >= 15 is 0 Å². The molecule has 4 atom stereocenters. The van der Waals surface area contributed by atoms with Gasteiger partial charge in [0.25, 0.3) is 0 Å². The number of rotatable bonds is 6. The molecule has 14 heteroatoms. The lowest BCUT2D eigenvalue weighted by molar-refractivity contribution is -0.118. The van der Waals surface area contributed by atoms with Crippen LogP contribution in [0.25, 0.3) is 0 Å². The number of phenolic OH excluding ortho intramolecular Hbond substituents is 1. The van der Waals surface area contributed by atoms with E-state index in [9.17, 15) is 9.90 Å². The van der Waals surface area contributed by atoms with Crippen LogP contribution in [0.3, 0.4) is 0 Å². The number of nitrogens with zero attached hydrogens (tertiary/aromatic N) is 5. The molecular formula is C21H33N11O3. The predicted molar refractivity (Wildman–Crippen MR) is 132 cm³/mol. The fourth-order valence-electron chi connectivity index (χ4n) is 4.41. The van der Waals surface area contributed by atoms with Gasteiger partial charge in [-0.1, -0.05) is 0 Å². The number of piperidine rings is 2. The zero-order valence-corrected chi connectivity index (χ0v) is 19.3. The van der Waals surface area contributed by atoms with E-state index in [4.69, 9.17) is 28.0 Å². The Morgan fingerprint density at radius 2 is 1.43 bits per heavy atom. The lowest BCUT2D eigenvalue weighted by Crippen LogP contribution is -2.54. The number of nitrogens with two attached hydrogens (primary N) is 4. The third kappa shape index (κ3) is 6.23. The van der Waals surface area contributed by atoms with Crippen LogP contribution in [-0.2, 0) is 4.79 Å². The highest BCUT2D eigenvalue weighted by atomic mass is 16.3. The summed E-state index contributed by atoms with van der Waals surface area (Å²) < 4.78 is 0. The molecule has 0 radical (unpaired) electrons. The van der Waals surface area contributed by atoms with Crippen molar-refractivity contribution in [3.05, 3.63) is 18.2 Å². The van der Waals surface area contributed by atoms with Crippen LogP contribution in [0.4, 0.5) is 29.2 Å². The van der Waals surface area contributed by atoms with Gasteiger partial charge in [-0.15, -0.1) is 0 Å². The third-order valence-electron chi connectivity index (χ3n) is 5.88. The molecular weight excluding hydrogens is 454 g/mol. The highest BCUT2D eigenvalue weighted by Gasteiger charge is 2.28. The van der Waals surface area contributed by atoms with Crippen LogP contribution in [-0.4, -0.2) is 88.0 Å². The SMILES string of the molecule is NC1CC(N)CN(c2nc(Nc3ccc(NC(=O)CO)c(O)c3)nc(N3CC(N)CC(N)C3)n2)C1. The fourth-order valence-corrected chi connectivity index (χ4v) is 4.41. The predicted octanol–water partition coefficient (Wildman–Crippen LogP) is -2.02. The van der Waals surface area contributed by atoms with Crippen molar-refractivity contribution in [2.75, 3.05) is 53.2 Å². The quantitative estimate of drug-likeness (QED) is 0.206. The van der Waals surface area contributed by atoms with Crippen LogP contribution < -0.4 is 43.4 Å². The van der Waals surface area contributed by atoms with E-state index in [2.05, 4.69) is 25.6 Å². The Morgan fingerprint density at radius 1 is 0.914 bits per heavy atom. The van der Waals surface area contributed by atoms with E-state index in [0.717, 1.165) is 0 Å². The van der Waals surface area contributed by atoms with E-state index < -0.39 is 12.5 Å². The summed E-state index contributed by atoms with van der Waals surface area (Å²) in [5.41, 5.74) is 25.4. The number of benzene rings is 1. The number of anilines is 5. The number of aliphatic hydroxyl groups is 1. The number of aromatic nitrogens is 3. The van der Waals surface area contributed by atoms with E-state index in [1.807, 2.05) is 9.80 Å². The van der Waals surface area contributed by atoms with Crippen molar-refractivity contribution in [1.82, 2.24) is 15.0 Å². The molecule has 1 amide bonds. The molecule has 2 aromatic rings. The van der Waals surface area contributed by atoms with Crippen molar-refractivity contribution in [3.63, 3.8) is 0 Å². The molecule has 2 aliphatic rings. The van der Waals surface area contributed by atoms with Crippen molar-refractivity contribution < 1.29 is 15.0 Å². The van der Waals surface area contributed by atoms with Gasteiger partial charge in [0, 0.05) is 62.1 Å². The molecule has 14 nitrogen and oxygen atoms in total. The normalized spacial score (nSPS) is 24.8. The van der Waals surface area contributed by atoms with Gasteiger partial charge in [-0.3, -0.25) is 4.79 Å². The zero-order valence-electron chi connectivity index (χ0n) is 19.3. The van der Waals surface area contributed by atoms with Crippen molar-refractivity contribution in [2.45, 2.75) is 37.0 Å². The molecule has 0 saturated carbocycles. The van der Waals surface area contributed by atoms with Gasteiger partial charge in [0.05, 0.1) is 5.69 Å². The second kappa shape index (κ2) is 10.5. The molecule has 12 N–H and O–H groups in total. The number of aromatic hydroxyl groups is 1. The van der Waals surface area contributed by atoms with Crippen molar-refractivity contribution in [3.8, 4) is 5.75 Å². The van der Waals surface area contributed by atoms with Gasteiger partial charge in [-0.25, -0.2) is 0 Å². The summed E-state index contributed by atoms with van der Waals surface area (Å²) in [5.74, 6) is 0.270. The maximum atomic E-state index is 11.4. The van der Waals surface area contributed by atoms with Crippen LogP contribution in [0.1, 0.15) is 12.8 Å². The first-order valence-corrected chi connectivity index (χ1v) is 11.5. The number of nitrogens with one attached hydrogen (secondary N) is 2. The lowest BCUT2D eigenvalue weighted by Gasteiger charge is -2.37. The Hall–Kier alpha value is -3.30. The molecule has 2 fully saturated rings. The largest absolute Gasteiger partial charge is 0.506 e. The number of aliphatic hydroxyl groups excluding tert-OH is 1. The summed E-state index contributed by atoms with van der Waals surface area (Å²) >= 11 is 0. The van der Waals surface area contributed by atoms with Gasteiger partial charge in [-0.2, -0.15) is 15.0 Å². The first kappa shape index (κ1) is 24.8. The molecule has 3 heterocycles. The molecule has 0 aliphatic carbocycles. The van der Waals surface area contributed by atoms with Crippen molar-refractivity contribution in [2.24, 2.45) is 22.9 Å². The standard InChI is InChI=1S/C21H33N11O3/c22-11-3-12(23)7-31(6-11)20-28-19(29-21(30-20)32-8-13(24)4-14(25)9-32)26-15-1-2-16(17(34)5-15)27-18(35)10-33/h1-2,5,11-14,33-34H,3-4,6-10,22-25H2,(H,27,35)(H,26,28,29,30). The molecule has 4 rings (SSSR count). The summed E-state index contributed by atoms with van der Waals surface area (Å²) in [6.07, 6.45) is 1.43. The smallest absolute Gasteiger partial charge is 0.250 e. The van der Waals surface area contributed by atoms with E-state index in [-0.39, 0.29) is 41.6 Å². The molecule has 1 aromatic heterocycles. The second-order valence-electron chi connectivity index (χ2n) is 9.14. The maximum absolute atomic E-state index is 11.4. The number of carbonyl (C=O) groups is 1. The van der Waals surface area contributed by atoms with Crippen LogP contribution in [0.5, 0.6) is 5.75 Å². The Kier molecular flexibility index (Phi) is 7.47. The van der Waals surface area contributed by atoms with Crippen LogP contribution in [0.15, 0.2) is 18.2 Å². The van der Waals surface area contributed by atoms with Gasteiger partial charge in [0.1, 0.15) is 12.4 Å². The van der Waals surface area contributed by atoms with Crippen LogP contribution in [0, 0.1) is 0 Å². The molecule has 0 bridgehead atoms. The minimum atomic E-state index is -0.691. The highest BCUT2D eigenvalue weighted by molar-refractivity contribution is 5.93. The Bertz CT molecular complexity index is 991. The number of hydrogen-bond donors (Lipinski definition) is 8. The van der Waals surface area contributed by atoms with Crippen LogP contribution >= 0.6 is 0 Å². The zero-order chi connectivity index (χ0) is 25.1. The highest BCUT2D eigenvalue weighted by Crippen LogP contribution is 2.29. The van der Waals surface area contributed by atoms with Gasteiger partial charge < -0.3 is 53.6 Å². The summed E-state index contributed by atoms with van der Waals surface area (Å²) in [5, 5.41) is 24.7. The summed E-state index contributed by atoms with van der Waals surface area (Å²) in [6.45, 7) is 1.51. The number of phenols is 1. The molecule has 1 aromatic carbocycles. The molecule has 4 unspecified atom stereocenters. The molecule has 2 aliphatic heterocycles. The minimum Gasteiger partial charge on any atom is -0.506 e. The topological polar surface area (TPSA) is 231 Å².